The van der Waals surface area contributed by atoms with Crippen LogP contribution in [0.5, 0.6) is 0 Å². The van der Waals surface area contributed by atoms with Crippen molar-refractivity contribution in [3.63, 3.8) is 0 Å². The largest absolute Gasteiger partial charge is 0.396 e. The molecule has 0 amide bonds. The molecule has 0 radical (unpaired) electrons. The van der Waals surface area contributed by atoms with Crippen molar-refractivity contribution in [1.29, 1.82) is 0 Å². The van der Waals surface area contributed by atoms with Crippen LogP contribution in [-0.4, -0.2) is 62.4 Å². The summed E-state index contributed by atoms with van der Waals surface area (Å²) in [4.78, 5) is 21.6. The van der Waals surface area contributed by atoms with Crippen LogP contribution in [0.3, 0.4) is 0 Å². The van der Waals surface area contributed by atoms with Gasteiger partial charge in [0.15, 0.2) is 5.82 Å². The van der Waals surface area contributed by atoms with E-state index < -0.39 is 0 Å². The van der Waals surface area contributed by atoms with E-state index in [9.17, 15) is 5.11 Å². The number of nitrogens with zero attached hydrogens (tertiary/aromatic N) is 6. The van der Waals surface area contributed by atoms with Crippen LogP contribution in [-0.2, 0) is 13.0 Å². The van der Waals surface area contributed by atoms with Crippen molar-refractivity contribution >= 4 is 11.6 Å². The Bertz CT molecular complexity index is 683. The van der Waals surface area contributed by atoms with E-state index in [2.05, 4.69) is 36.7 Å². The first-order valence-electron chi connectivity index (χ1n) is 8.08. The van der Waals surface area contributed by atoms with Crippen LogP contribution in [0.2, 0.25) is 0 Å². The number of hydrogen-bond donors (Lipinski definition) is 2. The van der Waals surface area contributed by atoms with E-state index >= 15 is 0 Å². The van der Waals surface area contributed by atoms with Gasteiger partial charge in [0.1, 0.15) is 24.1 Å². The van der Waals surface area contributed by atoms with Gasteiger partial charge in [0.05, 0.1) is 6.61 Å². The zero-order chi connectivity index (χ0) is 16.9. The van der Waals surface area contributed by atoms with E-state index in [1.165, 1.54) is 0 Å². The lowest BCUT2D eigenvalue weighted by Crippen LogP contribution is -2.52. The molecule has 1 aliphatic heterocycles. The van der Waals surface area contributed by atoms with Crippen molar-refractivity contribution < 1.29 is 10.2 Å². The molecule has 24 heavy (non-hydrogen) atoms. The molecule has 1 saturated heterocycles. The Hall–Kier alpha value is -2.32. The van der Waals surface area contributed by atoms with Crippen LogP contribution < -0.4 is 9.80 Å². The predicted octanol–water partition coefficient (Wildman–Crippen LogP) is 0.00880. The molecule has 2 aromatic rings. The average Bonchev–Trinajstić information content (AvgIpc) is 2.62. The minimum atomic E-state index is -0.156. The maximum Gasteiger partial charge on any atom is 0.156 e. The summed E-state index contributed by atoms with van der Waals surface area (Å²) in [6.07, 6.45) is 3.88. The van der Waals surface area contributed by atoms with Crippen molar-refractivity contribution in [3.05, 3.63) is 36.2 Å². The standard InChI is InChI=1S/C16H22N6O2/c1-12-10-21(15-2-5-17-13(19-15)4-9-23)7-8-22(12)16-3-6-18-14(11-24)20-16/h2-3,5-6,12,23-24H,4,7-11H2,1H3/t12-/m0/s1. The van der Waals surface area contributed by atoms with Gasteiger partial charge in [-0.15, -0.1) is 0 Å². The topological polar surface area (TPSA) is 98.5 Å². The third kappa shape index (κ3) is 3.60. The summed E-state index contributed by atoms with van der Waals surface area (Å²) in [6.45, 7) is 4.48. The molecule has 1 aliphatic rings. The summed E-state index contributed by atoms with van der Waals surface area (Å²) in [5.41, 5.74) is 0. The molecular formula is C16H22N6O2. The quantitative estimate of drug-likeness (QED) is 0.791. The first-order valence-corrected chi connectivity index (χ1v) is 8.08. The maximum atomic E-state index is 9.20. The second kappa shape index (κ2) is 7.50. The Kier molecular flexibility index (Phi) is 5.17. The highest BCUT2D eigenvalue weighted by Gasteiger charge is 2.25. The molecule has 3 rings (SSSR count). The van der Waals surface area contributed by atoms with E-state index in [0.717, 1.165) is 31.3 Å². The molecular weight excluding hydrogens is 308 g/mol. The molecule has 0 saturated carbocycles. The molecule has 2 aromatic heterocycles. The summed E-state index contributed by atoms with van der Waals surface area (Å²) in [6, 6.07) is 4.02. The zero-order valence-corrected chi connectivity index (χ0v) is 13.7. The molecule has 0 spiro atoms. The minimum Gasteiger partial charge on any atom is -0.396 e. The van der Waals surface area contributed by atoms with Crippen LogP contribution in [0.15, 0.2) is 24.5 Å². The van der Waals surface area contributed by atoms with Gasteiger partial charge >= 0.3 is 0 Å². The fourth-order valence-electron chi connectivity index (χ4n) is 2.92. The highest BCUT2D eigenvalue weighted by atomic mass is 16.3. The molecule has 0 aliphatic carbocycles. The summed E-state index contributed by atoms with van der Waals surface area (Å²) in [5.74, 6) is 2.82. The number of piperazine rings is 1. The fraction of sp³-hybridized carbons (Fsp3) is 0.500. The average molecular weight is 330 g/mol. The highest BCUT2D eigenvalue weighted by Crippen LogP contribution is 2.21. The molecule has 0 bridgehead atoms. The molecule has 0 aromatic carbocycles. The van der Waals surface area contributed by atoms with Crippen LogP contribution in [0.1, 0.15) is 18.6 Å². The van der Waals surface area contributed by atoms with Gasteiger partial charge in [0.2, 0.25) is 0 Å². The van der Waals surface area contributed by atoms with Gasteiger partial charge in [-0.05, 0) is 19.1 Å². The highest BCUT2D eigenvalue weighted by molar-refractivity contribution is 5.45. The van der Waals surface area contributed by atoms with Crippen molar-refractivity contribution in [2.24, 2.45) is 0 Å². The van der Waals surface area contributed by atoms with Gasteiger partial charge < -0.3 is 20.0 Å². The Morgan fingerprint density at radius 2 is 1.75 bits per heavy atom. The Morgan fingerprint density at radius 1 is 1.04 bits per heavy atom. The van der Waals surface area contributed by atoms with Gasteiger partial charge in [-0.1, -0.05) is 0 Å². The molecule has 8 heteroatoms. The lowest BCUT2D eigenvalue weighted by molar-refractivity contribution is 0.271. The Morgan fingerprint density at radius 3 is 2.46 bits per heavy atom. The maximum absolute atomic E-state index is 9.20. The molecule has 1 atom stereocenters. The smallest absolute Gasteiger partial charge is 0.156 e. The van der Waals surface area contributed by atoms with E-state index in [1.54, 1.807) is 12.4 Å². The number of aliphatic hydroxyl groups is 2. The van der Waals surface area contributed by atoms with Gasteiger partial charge in [-0.2, -0.15) is 0 Å². The second-order valence-electron chi connectivity index (χ2n) is 5.78. The Balaban J connectivity index is 1.71. The van der Waals surface area contributed by atoms with Gasteiger partial charge in [-0.3, -0.25) is 0 Å². The first kappa shape index (κ1) is 16.5. The molecule has 8 nitrogen and oxygen atoms in total. The first-order chi connectivity index (χ1) is 11.7. The molecule has 3 heterocycles. The monoisotopic (exact) mass is 330 g/mol. The zero-order valence-electron chi connectivity index (χ0n) is 13.7. The number of rotatable bonds is 5. The summed E-state index contributed by atoms with van der Waals surface area (Å²) < 4.78 is 0. The van der Waals surface area contributed by atoms with Crippen LogP contribution in [0.25, 0.3) is 0 Å². The number of hydrogen-bond acceptors (Lipinski definition) is 8. The van der Waals surface area contributed by atoms with E-state index in [-0.39, 0.29) is 19.3 Å². The Labute approximate surface area is 140 Å². The molecule has 128 valence electrons. The minimum absolute atomic E-state index is 0.0501. The number of aromatic nitrogens is 4. The van der Waals surface area contributed by atoms with Gasteiger partial charge in [-0.25, -0.2) is 19.9 Å². The third-order valence-electron chi connectivity index (χ3n) is 4.10. The lowest BCUT2D eigenvalue weighted by atomic mass is 10.2. The van der Waals surface area contributed by atoms with Crippen molar-refractivity contribution in [3.8, 4) is 0 Å². The third-order valence-corrected chi connectivity index (χ3v) is 4.10. The molecule has 0 unspecified atom stereocenters. The van der Waals surface area contributed by atoms with Crippen LogP contribution in [0.4, 0.5) is 11.6 Å². The van der Waals surface area contributed by atoms with Gasteiger partial charge in [0, 0.05) is 44.5 Å². The van der Waals surface area contributed by atoms with Gasteiger partial charge in [0.25, 0.3) is 0 Å². The number of anilines is 2. The second-order valence-corrected chi connectivity index (χ2v) is 5.78. The SMILES string of the molecule is C[C@H]1CN(c2ccnc(CCO)n2)CCN1c1ccnc(CO)n1. The predicted molar refractivity (Wildman–Crippen MR) is 89.8 cm³/mol. The van der Waals surface area contributed by atoms with Crippen LogP contribution >= 0.6 is 0 Å². The summed E-state index contributed by atoms with van der Waals surface area (Å²) >= 11 is 0. The summed E-state index contributed by atoms with van der Waals surface area (Å²) in [5, 5.41) is 18.2. The van der Waals surface area contributed by atoms with Crippen molar-refractivity contribution in [2.45, 2.75) is 26.0 Å². The van der Waals surface area contributed by atoms with E-state index in [1.807, 2.05) is 12.1 Å². The van der Waals surface area contributed by atoms with E-state index in [0.29, 0.717) is 18.1 Å². The van der Waals surface area contributed by atoms with Crippen molar-refractivity contribution in [2.75, 3.05) is 36.0 Å². The van der Waals surface area contributed by atoms with Crippen molar-refractivity contribution in [1.82, 2.24) is 19.9 Å². The normalized spacial score (nSPS) is 18.0. The molecule has 2 N–H and O–H groups in total. The van der Waals surface area contributed by atoms with Crippen LogP contribution in [0, 0.1) is 0 Å². The summed E-state index contributed by atoms with van der Waals surface area (Å²) in [7, 11) is 0. The molecule has 1 fully saturated rings. The lowest BCUT2D eigenvalue weighted by Gasteiger charge is -2.41. The number of aliphatic hydroxyl groups excluding tert-OH is 2. The fourth-order valence-corrected chi connectivity index (χ4v) is 2.92. The van der Waals surface area contributed by atoms with E-state index in [4.69, 9.17) is 5.11 Å².